The van der Waals surface area contributed by atoms with Crippen LogP contribution in [0.1, 0.15) is 0 Å². The molecule has 0 saturated heterocycles. The van der Waals surface area contributed by atoms with Gasteiger partial charge in [0.2, 0.25) is 0 Å². The lowest BCUT2D eigenvalue weighted by Crippen LogP contribution is -2.26. The van der Waals surface area contributed by atoms with Gasteiger partial charge in [-0.3, -0.25) is 9.03 Å². The van der Waals surface area contributed by atoms with E-state index in [1.807, 2.05) is 0 Å². The van der Waals surface area contributed by atoms with Crippen LogP contribution in [-0.4, -0.2) is 23.9 Å². The van der Waals surface area contributed by atoms with E-state index in [9.17, 15) is 16.8 Å². The predicted octanol–water partition coefficient (Wildman–Crippen LogP) is 4.03. The number of para-hydroxylation sites is 1. The number of anilines is 2. The fourth-order valence-electron chi connectivity index (χ4n) is 2.30. The molecule has 0 unspecified atom stereocenters. The Morgan fingerprint density at radius 3 is 2.26 bits per heavy atom. The summed E-state index contributed by atoms with van der Waals surface area (Å²) in [7, 11) is -6.26. The molecule has 2 aromatic carbocycles. The molecule has 1 N–H and O–H groups in total. The van der Waals surface area contributed by atoms with Crippen molar-refractivity contribution in [3.63, 3.8) is 0 Å². The fourth-order valence-corrected chi connectivity index (χ4v) is 6.08. The van der Waals surface area contributed by atoms with E-state index in [4.69, 9.17) is 11.6 Å². The molecule has 3 aromatic rings. The second-order valence-electron chi connectivity index (χ2n) is 5.50. The molecule has 3 rings (SSSR count). The van der Waals surface area contributed by atoms with Gasteiger partial charge in [-0.15, -0.1) is 11.3 Å². The molecule has 0 radical (unpaired) electrons. The number of hydrogen-bond acceptors (Lipinski definition) is 5. The Kier molecular flexibility index (Phi) is 5.48. The molecule has 1 heterocycles. The van der Waals surface area contributed by atoms with Gasteiger partial charge in [0, 0.05) is 7.05 Å². The average molecular weight is 443 g/mol. The van der Waals surface area contributed by atoms with Gasteiger partial charge < -0.3 is 0 Å². The van der Waals surface area contributed by atoms with Gasteiger partial charge in [0.1, 0.15) is 4.21 Å². The SMILES string of the molecule is CN(c1ccccc1)S(=O)(=O)c1cccc(NS(=O)(=O)c2ccc(Cl)s2)c1. The summed E-state index contributed by atoms with van der Waals surface area (Å²) < 4.78 is 54.4. The molecule has 0 spiro atoms. The summed E-state index contributed by atoms with van der Waals surface area (Å²) in [5.41, 5.74) is 0.638. The summed E-state index contributed by atoms with van der Waals surface area (Å²) in [4.78, 5) is -0.0294. The largest absolute Gasteiger partial charge is 0.279 e. The first kappa shape index (κ1) is 19.7. The van der Waals surface area contributed by atoms with E-state index in [-0.39, 0.29) is 14.8 Å². The van der Waals surface area contributed by atoms with Gasteiger partial charge in [0.05, 0.1) is 20.6 Å². The van der Waals surface area contributed by atoms with Crippen LogP contribution in [0.5, 0.6) is 0 Å². The molecule has 142 valence electrons. The number of rotatable bonds is 6. The van der Waals surface area contributed by atoms with Crippen LogP contribution in [0.25, 0.3) is 0 Å². The van der Waals surface area contributed by atoms with E-state index in [1.54, 1.807) is 30.3 Å². The van der Waals surface area contributed by atoms with Crippen LogP contribution in [0.2, 0.25) is 4.34 Å². The van der Waals surface area contributed by atoms with Gasteiger partial charge in [-0.05, 0) is 42.5 Å². The highest BCUT2D eigenvalue weighted by atomic mass is 35.5. The van der Waals surface area contributed by atoms with Crippen LogP contribution in [0, 0.1) is 0 Å². The number of halogens is 1. The van der Waals surface area contributed by atoms with Gasteiger partial charge in [0.15, 0.2) is 0 Å². The van der Waals surface area contributed by atoms with E-state index in [1.165, 1.54) is 43.4 Å². The van der Waals surface area contributed by atoms with E-state index < -0.39 is 20.0 Å². The summed E-state index contributed by atoms with van der Waals surface area (Å²) in [6, 6.07) is 17.1. The molecule has 0 aliphatic heterocycles. The van der Waals surface area contributed by atoms with Crippen molar-refractivity contribution in [3.05, 3.63) is 71.1 Å². The zero-order valence-corrected chi connectivity index (χ0v) is 17.2. The molecule has 10 heteroatoms. The summed E-state index contributed by atoms with van der Waals surface area (Å²) in [5.74, 6) is 0. The van der Waals surface area contributed by atoms with Crippen molar-refractivity contribution in [2.75, 3.05) is 16.1 Å². The van der Waals surface area contributed by atoms with E-state index in [0.717, 1.165) is 15.6 Å². The first-order valence-corrected chi connectivity index (χ1v) is 11.7. The van der Waals surface area contributed by atoms with Crippen molar-refractivity contribution in [2.45, 2.75) is 9.10 Å². The number of sulfonamides is 2. The molecule has 0 fully saturated rings. The Bertz CT molecular complexity index is 1160. The van der Waals surface area contributed by atoms with Crippen molar-refractivity contribution in [1.82, 2.24) is 0 Å². The zero-order valence-electron chi connectivity index (χ0n) is 14.0. The normalized spacial score (nSPS) is 11.9. The third kappa shape index (κ3) is 4.27. The maximum atomic E-state index is 12.9. The molecule has 27 heavy (non-hydrogen) atoms. The summed E-state index contributed by atoms with van der Waals surface area (Å²) in [6.07, 6.45) is 0. The quantitative estimate of drug-likeness (QED) is 0.624. The van der Waals surface area contributed by atoms with Crippen molar-refractivity contribution < 1.29 is 16.8 Å². The molecule has 6 nitrogen and oxygen atoms in total. The van der Waals surface area contributed by atoms with Crippen LogP contribution < -0.4 is 9.03 Å². The van der Waals surface area contributed by atoms with Crippen molar-refractivity contribution in [1.29, 1.82) is 0 Å². The highest BCUT2D eigenvalue weighted by Crippen LogP contribution is 2.28. The van der Waals surface area contributed by atoms with E-state index in [0.29, 0.717) is 10.0 Å². The number of nitrogens with zero attached hydrogens (tertiary/aromatic N) is 1. The lowest BCUT2D eigenvalue weighted by molar-refractivity contribution is 0.593. The highest BCUT2D eigenvalue weighted by molar-refractivity contribution is 7.94. The van der Waals surface area contributed by atoms with Gasteiger partial charge in [-0.1, -0.05) is 35.9 Å². The maximum absolute atomic E-state index is 12.9. The predicted molar refractivity (Wildman–Crippen MR) is 109 cm³/mol. The summed E-state index contributed by atoms with van der Waals surface area (Å²) in [5, 5.41) is 0. The van der Waals surface area contributed by atoms with Crippen molar-refractivity contribution in [2.24, 2.45) is 0 Å². The van der Waals surface area contributed by atoms with Crippen molar-refractivity contribution in [3.8, 4) is 0 Å². The zero-order chi connectivity index (χ0) is 19.7. The minimum absolute atomic E-state index is 0.0294. The Balaban J connectivity index is 1.91. The van der Waals surface area contributed by atoms with Gasteiger partial charge in [0.25, 0.3) is 20.0 Å². The summed E-state index contributed by atoms with van der Waals surface area (Å²) in [6.45, 7) is 0. The first-order valence-electron chi connectivity index (χ1n) is 7.62. The van der Waals surface area contributed by atoms with Crippen LogP contribution in [0.3, 0.4) is 0 Å². The van der Waals surface area contributed by atoms with Crippen molar-refractivity contribution >= 4 is 54.4 Å². The van der Waals surface area contributed by atoms with Crippen LogP contribution in [-0.2, 0) is 20.0 Å². The average Bonchev–Trinajstić information content (AvgIpc) is 3.09. The number of benzene rings is 2. The molecule has 0 atom stereocenters. The molecule has 0 aliphatic rings. The molecule has 1 aromatic heterocycles. The lowest BCUT2D eigenvalue weighted by Gasteiger charge is -2.20. The fraction of sp³-hybridized carbons (Fsp3) is 0.0588. The topological polar surface area (TPSA) is 83.6 Å². The lowest BCUT2D eigenvalue weighted by atomic mass is 10.3. The molecule has 0 bridgehead atoms. The van der Waals surface area contributed by atoms with E-state index >= 15 is 0 Å². The van der Waals surface area contributed by atoms with Crippen LogP contribution >= 0.6 is 22.9 Å². The van der Waals surface area contributed by atoms with Crippen LogP contribution in [0.15, 0.2) is 75.8 Å². The minimum atomic E-state index is -3.85. The van der Waals surface area contributed by atoms with E-state index in [2.05, 4.69) is 4.72 Å². The Labute approximate surface area is 167 Å². The monoisotopic (exact) mass is 442 g/mol. The maximum Gasteiger partial charge on any atom is 0.271 e. The molecule has 0 saturated carbocycles. The van der Waals surface area contributed by atoms with Gasteiger partial charge >= 0.3 is 0 Å². The molecule has 0 aliphatic carbocycles. The molecular weight excluding hydrogens is 428 g/mol. The number of nitrogens with one attached hydrogen (secondary N) is 1. The third-order valence-electron chi connectivity index (χ3n) is 3.68. The second kappa shape index (κ2) is 7.51. The third-order valence-corrected chi connectivity index (χ3v) is 8.56. The Morgan fingerprint density at radius 1 is 0.926 bits per heavy atom. The molecule has 0 amide bonds. The number of thiophene rings is 1. The summed E-state index contributed by atoms with van der Waals surface area (Å²) >= 11 is 6.70. The van der Waals surface area contributed by atoms with Gasteiger partial charge in [-0.2, -0.15) is 0 Å². The number of hydrogen-bond donors (Lipinski definition) is 1. The highest BCUT2D eigenvalue weighted by Gasteiger charge is 2.23. The smallest absolute Gasteiger partial charge is 0.271 e. The van der Waals surface area contributed by atoms with Crippen LogP contribution in [0.4, 0.5) is 11.4 Å². The minimum Gasteiger partial charge on any atom is -0.279 e. The molecular formula is C17H15ClN2O4S3. The Hall–Kier alpha value is -2.07. The Morgan fingerprint density at radius 2 is 1.63 bits per heavy atom. The standard InChI is InChI=1S/C17H15ClN2O4S3/c1-20(14-7-3-2-4-8-14)27(23,24)15-9-5-6-13(12-15)19-26(21,22)17-11-10-16(18)25-17/h2-12,19H,1H3. The first-order chi connectivity index (χ1) is 12.7. The second-order valence-corrected chi connectivity index (χ2v) is 11.1. The van der Waals surface area contributed by atoms with Gasteiger partial charge in [-0.25, -0.2) is 16.8 Å².